The Hall–Kier alpha value is -1.63. The predicted octanol–water partition coefficient (Wildman–Crippen LogP) is 4.81. The number of ether oxygens (including phenoxy) is 1. The Balaban J connectivity index is 2.63. The van der Waals surface area contributed by atoms with Gasteiger partial charge in [0.1, 0.15) is 17.3 Å². The Labute approximate surface area is 126 Å². The average molecular weight is 364 g/mol. The third-order valence-electron chi connectivity index (χ3n) is 2.84. The lowest BCUT2D eigenvalue weighted by Gasteiger charge is -2.14. The van der Waals surface area contributed by atoms with Gasteiger partial charge in [0.15, 0.2) is 0 Å². The second-order valence-electron chi connectivity index (χ2n) is 4.22. The van der Waals surface area contributed by atoms with Gasteiger partial charge >= 0.3 is 6.18 Å². The van der Waals surface area contributed by atoms with Gasteiger partial charge < -0.3 is 4.74 Å². The van der Waals surface area contributed by atoms with Gasteiger partial charge in [0.25, 0.3) is 0 Å². The van der Waals surface area contributed by atoms with Crippen LogP contribution >= 0.6 is 15.9 Å². The van der Waals surface area contributed by atoms with Crippen LogP contribution in [-0.2, 0) is 11.5 Å². The van der Waals surface area contributed by atoms with Crippen molar-refractivity contribution < 1.29 is 22.3 Å². The molecule has 0 bridgehead atoms. The summed E-state index contributed by atoms with van der Waals surface area (Å²) in [6.45, 7) is 0. The molecule has 0 unspecified atom stereocenters. The summed E-state index contributed by atoms with van der Waals surface area (Å²) in [5.41, 5.74) is -1.10. The lowest BCUT2D eigenvalue weighted by molar-refractivity contribution is -0.137. The van der Waals surface area contributed by atoms with E-state index in [-0.39, 0.29) is 17.0 Å². The third kappa shape index (κ3) is 3.34. The van der Waals surface area contributed by atoms with Crippen molar-refractivity contribution in [1.29, 1.82) is 0 Å². The molecule has 1 aromatic heterocycles. The average Bonchev–Trinajstić information content (AvgIpc) is 2.45. The van der Waals surface area contributed by atoms with E-state index >= 15 is 0 Å². The minimum absolute atomic E-state index is 0.0450. The van der Waals surface area contributed by atoms with E-state index in [0.717, 1.165) is 18.2 Å². The molecule has 2 aromatic rings. The number of alkyl halides is 4. The van der Waals surface area contributed by atoms with Crippen LogP contribution in [-0.4, -0.2) is 12.1 Å². The van der Waals surface area contributed by atoms with E-state index in [1.165, 1.54) is 19.4 Å². The molecule has 0 amide bonds. The minimum atomic E-state index is -4.63. The molecule has 0 spiro atoms. The predicted molar refractivity (Wildman–Crippen MR) is 73.8 cm³/mol. The first-order valence-corrected chi connectivity index (χ1v) is 6.95. The summed E-state index contributed by atoms with van der Waals surface area (Å²) in [6.07, 6.45) is -3.30. The van der Waals surface area contributed by atoms with Crippen molar-refractivity contribution in [2.24, 2.45) is 0 Å². The second-order valence-corrected chi connectivity index (χ2v) is 4.78. The van der Waals surface area contributed by atoms with Crippen molar-refractivity contribution in [1.82, 2.24) is 4.98 Å². The smallest absolute Gasteiger partial charge is 0.417 e. The summed E-state index contributed by atoms with van der Waals surface area (Å²) >= 11 is 3.13. The van der Waals surface area contributed by atoms with Crippen LogP contribution in [0.5, 0.6) is 5.75 Å². The molecule has 0 saturated carbocycles. The number of hydrogen-bond acceptors (Lipinski definition) is 2. The van der Waals surface area contributed by atoms with Gasteiger partial charge in [-0.05, 0) is 29.8 Å². The molecule has 112 valence electrons. The van der Waals surface area contributed by atoms with Crippen LogP contribution in [0.15, 0.2) is 30.5 Å². The SMILES string of the molecule is COc1ccc(-c2ncc(CBr)cc2F)c(C(F)(F)F)c1. The van der Waals surface area contributed by atoms with Gasteiger partial charge in [-0.2, -0.15) is 13.2 Å². The van der Waals surface area contributed by atoms with Crippen LogP contribution in [0.1, 0.15) is 11.1 Å². The fourth-order valence-electron chi connectivity index (χ4n) is 1.84. The van der Waals surface area contributed by atoms with Crippen LogP contribution < -0.4 is 4.74 Å². The largest absolute Gasteiger partial charge is 0.497 e. The Morgan fingerprint density at radius 2 is 1.95 bits per heavy atom. The number of halogens is 5. The molecule has 2 nitrogen and oxygen atoms in total. The van der Waals surface area contributed by atoms with E-state index in [4.69, 9.17) is 4.74 Å². The maximum absolute atomic E-state index is 14.0. The molecule has 0 fully saturated rings. The summed E-state index contributed by atoms with van der Waals surface area (Å²) in [4.78, 5) is 3.80. The van der Waals surface area contributed by atoms with Crippen LogP contribution in [0.2, 0.25) is 0 Å². The van der Waals surface area contributed by atoms with E-state index in [0.29, 0.717) is 10.9 Å². The number of benzene rings is 1. The maximum Gasteiger partial charge on any atom is 0.417 e. The second kappa shape index (κ2) is 6.01. The molecule has 0 aliphatic rings. The molecule has 0 aliphatic carbocycles. The highest BCUT2D eigenvalue weighted by Crippen LogP contribution is 2.39. The van der Waals surface area contributed by atoms with Gasteiger partial charge in [-0.1, -0.05) is 15.9 Å². The molecule has 0 N–H and O–H groups in total. The number of hydrogen-bond donors (Lipinski definition) is 0. The first-order chi connectivity index (χ1) is 9.86. The molecule has 7 heteroatoms. The van der Waals surface area contributed by atoms with E-state index in [1.54, 1.807) is 0 Å². The standard InChI is InChI=1S/C14H10BrF4NO/c1-21-9-2-3-10(11(5-9)14(17,18)19)13-12(16)4-8(6-15)7-20-13/h2-5,7H,6H2,1H3. The van der Waals surface area contributed by atoms with Crippen LogP contribution in [0.4, 0.5) is 17.6 Å². The maximum atomic E-state index is 14.0. The fraction of sp³-hybridized carbons (Fsp3) is 0.214. The van der Waals surface area contributed by atoms with E-state index in [9.17, 15) is 17.6 Å². The Morgan fingerprint density at radius 3 is 2.48 bits per heavy atom. The number of aromatic nitrogens is 1. The number of pyridine rings is 1. The van der Waals surface area contributed by atoms with Crippen molar-refractivity contribution in [2.45, 2.75) is 11.5 Å². The van der Waals surface area contributed by atoms with Crippen LogP contribution in [0.25, 0.3) is 11.3 Å². The monoisotopic (exact) mass is 363 g/mol. The third-order valence-corrected chi connectivity index (χ3v) is 3.49. The summed E-state index contributed by atoms with van der Waals surface area (Å²) < 4.78 is 58.1. The number of rotatable bonds is 3. The molecule has 1 heterocycles. The zero-order valence-electron chi connectivity index (χ0n) is 10.8. The van der Waals surface area contributed by atoms with Gasteiger partial charge in [-0.3, -0.25) is 4.98 Å². The highest BCUT2D eigenvalue weighted by atomic mass is 79.9. The zero-order valence-corrected chi connectivity index (χ0v) is 12.4. The van der Waals surface area contributed by atoms with Gasteiger partial charge in [-0.25, -0.2) is 4.39 Å². The van der Waals surface area contributed by atoms with Crippen molar-refractivity contribution >= 4 is 15.9 Å². The molecular formula is C14H10BrF4NO. The quantitative estimate of drug-likeness (QED) is 0.576. The first-order valence-electron chi connectivity index (χ1n) is 5.82. The highest BCUT2D eigenvalue weighted by Gasteiger charge is 2.35. The fourth-order valence-corrected chi connectivity index (χ4v) is 2.15. The molecule has 0 saturated heterocycles. The molecular weight excluding hydrogens is 354 g/mol. The van der Waals surface area contributed by atoms with Gasteiger partial charge in [0.2, 0.25) is 0 Å². The van der Waals surface area contributed by atoms with E-state index in [1.807, 2.05) is 0 Å². The van der Waals surface area contributed by atoms with Gasteiger partial charge in [0.05, 0.1) is 12.7 Å². The highest BCUT2D eigenvalue weighted by molar-refractivity contribution is 9.08. The molecule has 2 rings (SSSR count). The summed E-state index contributed by atoms with van der Waals surface area (Å²) in [7, 11) is 1.26. The van der Waals surface area contributed by atoms with Crippen molar-refractivity contribution in [3.05, 3.63) is 47.4 Å². The van der Waals surface area contributed by atoms with Crippen LogP contribution in [0, 0.1) is 5.82 Å². The molecule has 0 radical (unpaired) electrons. The molecule has 21 heavy (non-hydrogen) atoms. The van der Waals surface area contributed by atoms with Crippen molar-refractivity contribution in [3.8, 4) is 17.0 Å². The van der Waals surface area contributed by atoms with Crippen molar-refractivity contribution in [3.63, 3.8) is 0 Å². The Bertz CT molecular complexity index is 658. The van der Waals surface area contributed by atoms with E-state index < -0.39 is 17.6 Å². The lowest BCUT2D eigenvalue weighted by Crippen LogP contribution is -2.09. The Morgan fingerprint density at radius 1 is 1.24 bits per heavy atom. The normalized spacial score (nSPS) is 11.5. The Kier molecular flexibility index (Phi) is 4.51. The van der Waals surface area contributed by atoms with Gasteiger partial charge in [-0.15, -0.1) is 0 Å². The van der Waals surface area contributed by atoms with Crippen molar-refractivity contribution in [2.75, 3.05) is 7.11 Å². The number of methoxy groups -OCH3 is 1. The topological polar surface area (TPSA) is 22.1 Å². The minimum Gasteiger partial charge on any atom is -0.497 e. The zero-order chi connectivity index (χ0) is 15.6. The first kappa shape index (κ1) is 15.8. The van der Waals surface area contributed by atoms with E-state index in [2.05, 4.69) is 20.9 Å². The summed E-state index contributed by atoms with van der Waals surface area (Å²) in [5, 5.41) is 0.367. The molecule has 1 aromatic carbocycles. The molecule has 0 aliphatic heterocycles. The lowest BCUT2D eigenvalue weighted by atomic mass is 10.0. The summed E-state index contributed by atoms with van der Waals surface area (Å²) in [5.74, 6) is -0.758. The molecule has 0 atom stereocenters. The summed E-state index contributed by atoms with van der Waals surface area (Å²) in [6, 6.07) is 4.47. The van der Waals surface area contributed by atoms with Crippen LogP contribution in [0.3, 0.4) is 0 Å². The number of nitrogens with zero attached hydrogens (tertiary/aromatic N) is 1. The van der Waals surface area contributed by atoms with Gasteiger partial charge in [0, 0.05) is 17.1 Å².